The van der Waals surface area contributed by atoms with Gasteiger partial charge in [-0.05, 0) is 31.0 Å². The predicted molar refractivity (Wildman–Crippen MR) is 61.6 cm³/mol. The van der Waals surface area contributed by atoms with Crippen molar-refractivity contribution in [2.45, 2.75) is 18.9 Å². The van der Waals surface area contributed by atoms with E-state index in [1.54, 1.807) is 18.2 Å². The van der Waals surface area contributed by atoms with Crippen LogP contribution in [0.5, 0.6) is 0 Å². The monoisotopic (exact) mass is 232 g/mol. The van der Waals surface area contributed by atoms with Crippen LogP contribution in [-0.4, -0.2) is 23.6 Å². The van der Waals surface area contributed by atoms with E-state index in [2.05, 4.69) is 10.3 Å². The van der Waals surface area contributed by atoms with Crippen molar-refractivity contribution in [3.63, 3.8) is 0 Å². The van der Waals surface area contributed by atoms with Crippen molar-refractivity contribution in [1.82, 2.24) is 4.98 Å². The minimum atomic E-state index is -0.317. The summed E-state index contributed by atoms with van der Waals surface area (Å²) in [6.45, 7) is 0.667. The number of rotatable bonds is 2. The first-order chi connectivity index (χ1) is 8.33. The van der Waals surface area contributed by atoms with Crippen molar-refractivity contribution in [3.8, 4) is 0 Å². The Bertz CT molecular complexity index is 543. The first kappa shape index (κ1) is 10.3. The van der Waals surface area contributed by atoms with Gasteiger partial charge >= 0.3 is 0 Å². The van der Waals surface area contributed by atoms with Crippen LogP contribution in [-0.2, 0) is 9.53 Å². The Morgan fingerprint density at radius 2 is 2.41 bits per heavy atom. The highest BCUT2D eigenvalue weighted by Gasteiger charge is 2.23. The van der Waals surface area contributed by atoms with E-state index in [0.717, 1.165) is 18.4 Å². The molecule has 2 heterocycles. The molecule has 0 bridgehead atoms. The van der Waals surface area contributed by atoms with E-state index in [9.17, 15) is 4.79 Å². The molecule has 2 aromatic rings. The molecule has 1 atom stereocenters. The highest BCUT2D eigenvalue weighted by atomic mass is 16.5. The fourth-order valence-corrected chi connectivity index (χ4v) is 1.94. The molecular weight excluding hydrogens is 220 g/mol. The number of oxazole rings is 1. The van der Waals surface area contributed by atoms with E-state index in [0.29, 0.717) is 17.9 Å². The Morgan fingerprint density at radius 1 is 1.47 bits per heavy atom. The van der Waals surface area contributed by atoms with Crippen molar-refractivity contribution in [1.29, 1.82) is 0 Å². The Kier molecular flexibility index (Phi) is 2.53. The number of carbonyl (C=O) groups is 1. The first-order valence-electron chi connectivity index (χ1n) is 5.59. The van der Waals surface area contributed by atoms with Crippen LogP contribution < -0.4 is 5.32 Å². The van der Waals surface area contributed by atoms with Crippen LogP contribution in [0.15, 0.2) is 29.0 Å². The zero-order valence-electron chi connectivity index (χ0n) is 9.18. The number of ether oxygens (including phenoxy) is 1. The molecule has 1 fully saturated rings. The van der Waals surface area contributed by atoms with Crippen molar-refractivity contribution >= 4 is 22.7 Å². The molecule has 5 heteroatoms. The number of carbonyl (C=O) groups excluding carboxylic acids is 1. The van der Waals surface area contributed by atoms with E-state index in [1.165, 1.54) is 6.39 Å². The van der Waals surface area contributed by atoms with Gasteiger partial charge in [-0.2, -0.15) is 0 Å². The summed E-state index contributed by atoms with van der Waals surface area (Å²) in [5.41, 5.74) is 2.15. The smallest absolute Gasteiger partial charge is 0.253 e. The second-order valence-corrected chi connectivity index (χ2v) is 4.03. The topological polar surface area (TPSA) is 64.4 Å². The minimum Gasteiger partial charge on any atom is -0.443 e. The molecule has 1 saturated heterocycles. The van der Waals surface area contributed by atoms with E-state index < -0.39 is 0 Å². The predicted octanol–water partition coefficient (Wildman–Crippen LogP) is 1.95. The molecular formula is C12H12N2O3. The number of anilines is 1. The number of hydrogen-bond donors (Lipinski definition) is 1. The number of amides is 1. The molecule has 0 spiro atoms. The lowest BCUT2D eigenvalue weighted by atomic mass is 10.2. The van der Waals surface area contributed by atoms with E-state index in [1.807, 2.05) is 0 Å². The maximum absolute atomic E-state index is 11.8. The highest BCUT2D eigenvalue weighted by Crippen LogP contribution is 2.19. The number of nitrogens with zero attached hydrogens (tertiary/aromatic N) is 1. The third-order valence-electron chi connectivity index (χ3n) is 2.82. The Labute approximate surface area is 97.8 Å². The van der Waals surface area contributed by atoms with Gasteiger partial charge in [0.1, 0.15) is 11.6 Å². The number of nitrogens with one attached hydrogen (secondary N) is 1. The minimum absolute atomic E-state index is 0.0923. The van der Waals surface area contributed by atoms with E-state index in [4.69, 9.17) is 9.15 Å². The summed E-state index contributed by atoms with van der Waals surface area (Å²) >= 11 is 0. The molecule has 5 nitrogen and oxygen atoms in total. The molecule has 1 N–H and O–H groups in total. The van der Waals surface area contributed by atoms with Crippen molar-refractivity contribution in [2.24, 2.45) is 0 Å². The summed E-state index contributed by atoms with van der Waals surface area (Å²) in [5.74, 6) is -0.0923. The van der Waals surface area contributed by atoms with Crippen molar-refractivity contribution in [3.05, 3.63) is 24.6 Å². The van der Waals surface area contributed by atoms with Crippen LogP contribution >= 0.6 is 0 Å². The van der Waals surface area contributed by atoms with Gasteiger partial charge in [0.05, 0.1) is 0 Å². The standard InChI is InChI=1S/C12H12N2O3/c15-12(11-2-1-5-16-11)14-8-3-4-10-9(6-8)13-7-17-10/h3-4,6-7,11H,1-2,5H2,(H,14,15). The van der Waals surface area contributed by atoms with Crippen LogP contribution in [0.3, 0.4) is 0 Å². The quantitative estimate of drug-likeness (QED) is 0.859. The van der Waals surface area contributed by atoms with E-state index >= 15 is 0 Å². The van der Waals surface area contributed by atoms with Crippen LogP contribution in [0.25, 0.3) is 11.1 Å². The third-order valence-corrected chi connectivity index (χ3v) is 2.82. The van der Waals surface area contributed by atoms with Crippen LogP contribution in [0.1, 0.15) is 12.8 Å². The Balaban J connectivity index is 1.77. The number of aromatic nitrogens is 1. The Hall–Kier alpha value is -1.88. The molecule has 0 aliphatic carbocycles. The van der Waals surface area contributed by atoms with Gasteiger partial charge in [0.25, 0.3) is 5.91 Å². The molecule has 1 amide bonds. The molecule has 1 aliphatic heterocycles. The zero-order chi connectivity index (χ0) is 11.7. The van der Waals surface area contributed by atoms with Gasteiger partial charge in [0, 0.05) is 12.3 Å². The lowest BCUT2D eigenvalue weighted by Crippen LogP contribution is -2.26. The second-order valence-electron chi connectivity index (χ2n) is 4.03. The summed E-state index contributed by atoms with van der Waals surface area (Å²) in [6.07, 6.45) is 2.80. The third kappa shape index (κ3) is 2.01. The van der Waals surface area contributed by atoms with Crippen molar-refractivity contribution < 1.29 is 13.9 Å². The summed E-state index contributed by atoms with van der Waals surface area (Å²) in [5, 5.41) is 2.82. The van der Waals surface area contributed by atoms with Gasteiger partial charge in [-0.1, -0.05) is 0 Å². The lowest BCUT2D eigenvalue weighted by molar-refractivity contribution is -0.124. The van der Waals surface area contributed by atoms with E-state index in [-0.39, 0.29) is 12.0 Å². The number of benzene rings is 1. The van der Waals surface area contributed by atoms with Gasteiger partial charge in [0.2, 0.25) is 0 Å². The number of fused-ring (bicyclic) bond motifs is 1. The molecule has 1 aromatic heterocycles. The lowest BCUT2D eigenvalue weighted by Gasteiger charge is -2.09. The molecule has 1 unspecified atom stereocenters. The maximum Gasteiger partial charge on any atom is 0.253 e. The maximum atomic E-state index is 11.8. The van der Waals surface area contributed by atoms with Crippen LogP contribution in [0.2, 0.25) is 0 Å². The van der Waals surface area contributed by atoms with Gasteiger partial charge < -0.3 is 14.5 Å². The van der Waals surface area contributed by atoms with Gasteiger partial charge in [-0.25, -0.2) is 4.98 Å². The molecule has 88 valence electrons. The average Bonchev–Trinajstić information content (AvgIpc) is 2.99. The van der Waals surface area contributed by atoms with Crippen molar-refractivity contribution in [2.75, 3.05) is 11.9 Å². The molecule has 17 heavy (non-hydrogen) atoms. The first-order valence-corrected chi connectivity index (χ1v) is 5.59. The average molecular weight is 232 g/mol. The summed E-state index contributed by atoms with van der Waals surface area (Å²) in [6, 6.07) is 5.36. The summed E-state index contributed by atoms with van der Waals surface area (Å²) in [7, 11) is 0. The largest absolute Gasteiger partial charge is 0.443 e. The van der Waals surface area contributed by atoms with Crippen LogP contribution in [0, 0.1) is 0 Å². The number of hydrogen-bond acceptors (Lipinski definition) is 4. The normalized spacial score (nSPS) is 19.6. The highest BCUT2D eigenvalue weighted by molar-refractivity contribution is 5.95. The zero-order valence-corrected chi connectivity index (χ0v) is 9.18. The SMILES string of the molecule is O=C(Nc1ccc2ocnc2c1)C1CCCO1. The fraction of sp³-hybridized carbons (Fsp3) is 0.333. The Morgan fingerprint density at radius 3 is 3.24 bits per heavy atom. The summed E-state index contributed by atoms with van der Waals surface area (Å²) in [4.78, 5) is 15.8. The fourth-order valence-electron chi connectivity index (χ4n) is 1.94. The van der Waals surface area contributed by atoms with Gasteiger partial charge in [0.15, 0.2) is 12.0 Å². The molecule has 1 aliphatic rings. The molecule has 3 rings (SSSR count). The second kappa shape index (κ2) is 4.18. The molecule has 0 saturated carbocycles. The van der Waals surface area contributed by atoms with Gasteiger partial charge in [-0.15, -0.1) is 0 Å². The molecule has 0 radical (unpaired) electrons. The van der Waals surface area contributed by atoms with Gasteiger partial charge in [-0.3, -0.25) is 4.79 Å². The molecule has 1 aromatic carbocycles. The summed E-state index contributed by atoms with van der Waals surface area (Å²) < 4.78 is 10.4. The van der Waals surface area contributed by atoms with Crippen LogP contribution in [0.4, 0.5) is 5.69 Å².